The van der Waals surface area contributed by atoms with Crippen molar-refractivity contribution in [1.82, 2.24) is 0 Å². The van der Waals surface area contributed by atoms with Gasteiger partial charge in [-0.2, -0.15) is 31.4 Å². The van der Waals surface area contributed by atoms with Gasteiger partial charge in [0.2, 0.25) is 0 Å². The lowest BCUT2D eigenvalue weighted by atomic mass is 10.1. The minimum absolute atomic E-state index is 0.114. The molecule has 0 heterocycles. The van der Waals surface area contributed by atoms with Crippen LogP contribution in [0.4, 0.5) is 32.0 Å². The van der Waals surface area contributed by atoms with Crippen LogP contribution in [0.15, 0.2) is 53.6 Å². The molecule has 2 aromatic rings. The topological polar surface area (TPSA) is 24.4 Å². The first-order valence-corrected chi connectivity index (χ1v) is 6.30. The van der Waals surface area contributed by atoms with Crippen molar-refractivity contribution in [2.75, 3.05) is 5.43 Å². The zero-order chi connectivity index (χ0) is 17.1. The smallest absolute Gasteiger partial charge is 0.278 e. The van der Waals surface area contributed by atoms with Crippen molar-refractivity contribution in [3.8, 4) is 0 Å². The average Bonchev–Trinajstić information content (AvgIpc) is 2.46. The highest BCUT2D eigenvalue weighted by Crippen LogP contribution is 2.31. The number of hydrogen-bond donors (Lipinski definition) is 1. The molecule has 2 nitrogen and oxygen atoms in total. The van der Waals surface area contributed by atoms with Crippen molar-refractivity contribution in [3.63, 3.8) is 0 Å². The van der Waals surface area contributed by atoms with E-state index in [9.17, 15) is 26.3 Å². The number of rotatable bonds is 3. The van der Waals surface area contributed by atoms with Gasteiger partial charge in [-0.05, 0) is 35.9 Å². The van der Waals surface area contributed by atoms with Gasteiger partial charge in [-0.15, -0.1) is 0 Å². The summed E-state index contributed by atoms with van der Waals surface area (Å²) in [5, 5.41) is 3.70. The highest BCUT2D eigenvalue weighted by Gasteiger charge is 2.30. The molecule has 0 saturated heterocycles. The largest absolute Gasteiger partial charge is 0.416 e. The summed E-state index contributed by atoms with van der Waals surface area (Å²) in [5.74, 6) is 0. The summed E-state index contributed by atoms with van der Waals surface area (Å²) in [5.41, 5.74) is 1.27. The molecule has 0 aliphatic heterocycles. The summed E-state index contributed by atoms with van der Waals surface area (Å²) < 4.78 is 74.8. The minimum Gasteiger partial charge on any atom is -0.278 e. The fraction of sp³-hybridized carbons (Fsp3) is 0.133. The summed E-state index contributed by atoms with van der Waals surface area (Å²) in [6, 6.07) is 8.62. The molecule has 1 N–H and O–H groups in total. The summed E-state index contributed by atoms with van der Waals surface area (Å²) in [4.78, 5) is 0. The molecule has 0 unspecified atom stereocenters. The SMILES string of the molecule is FC(F)(F)c1ccc(/C=N/Nc2cccc(C(F)(F)F)c2)cc1. The maximum atomic E-state index is 12.5. The molecule has 0 aliphatic rings. The summed E-state index contributed by atoms with van der Waals surface area (Å²) in [7, 11) is 0. The monoisotopic (exact) mass is 332 g/mol. The van der Waals surface area contributed by atoms with Crippen molar-refractivity contribution in [1.29, 1.82) is 0 Å². The van der Waals surface area contributed by atoms with Crippen molar-refractivity contribution in [2.45, 2.75) is 12.4 Å². The summed E-state index contributed by atoms with van der Waals surface area (Å²) in [6.07, 6.45) is -7.68. The normalized spacial score (nSPS) is 12.6. The van der Waals surface area contributed by atoms with Crippen LogP contribution in [0.25, 0.3) is 0 Å². The number of nitrogens with one attached hydrogen (secondary N) is 1. The fourth-order valence-corrected chi connectivity index (χ4v) is 1.70. The van der Waals surface area contributed by atoms with Gasteiger partial charge >= 0.3 is 12.4 Å². The maximum Gasteiger partial charge on any atom is 0.416 e. The number of anilines is 1. The highest BCUT2D eigenvalue weighted by molar-refractivity contribution is 5.80. The van der Waals surface area contributed by atoms with Gasteiger partial charge in [0, 0.05) is 0 Å². The molecule has 0 atom stereocenters. The second-order valence-corrected chi connectivity index (χ2v) is 4.57. The van der Waals surface area contributed by atoms with E-state index in [1.165, 1.54) is 30.5 Å². The molecule has 0 saturated carbocycles. The Labute approximate surface area is 127 Å². The molecule has 0 aliphatic carbocycles. The summed E-state index contributed by atoms with van der Waals surface area (Å²) >= 11 is 0. The molecular weight excluding hydrogens is 322 g/mol. The van der Waals surface area contributed by atoms with Crippen LogP contribution in [0.3, 0.4) is 0 Å². The molecule has 8 heteroatoms. The lowest BCUT2D eigenvalue weighted by molar-refractivity contribution is -0.138. The summed E-state index contributed by atoms with van der Waals surface area (Å²) in [6.45, 7) is 0. The standard InChI is InChI=1S/C15H10F6N2/c16-14(17,18)11-6-4-10(5-7-11)9-22-23-13-3-1-2-12(8-13)15(19,20)21/h1-9,23H/b22-9+. The predicted molar refractivity (Wildman–Crippen MR) is 74.1 cm³/mol. The quantitative estimate of drug-likeness (QED) is 0.468. The number of benzene rings is 2. The number of nitrogens with zero attached hydrogens (tertiary/aromatic N) is 1. The first-order chi connectivity index (χ1) is 10.7. The third-order valence-corrected chi connectivity index (χ3v) is 2.84. The Kier molecular flexibility index (Phi) is 4.63. The van der Waals surface area contributed by atoms with E-state index < -0.39 is 23.5 Å². The number of hydrazone groups is 1. The Morgan fingerprint density at radius 2 is 1.39 bits per heavy atom. The molecule has 2 rings (SSSR count). The van der Waals surface area contributed by atoms with Gasteiger partial charge in [-0.25, -0.2) is 0 Å². The molecule has 0 aromatic heterocycles. The molecule has 0 fully saturated rings. The number of alkyl halides is 6. The Morgan fingerprint density at radius 3 is 1.96 bits per heavy atom. The van der Waals surface area contributed by atoms with Crippen LogP contribution in [0.2, 0.25) is 0 Å². The molecule has 0 radical (unpaired) electrons. The lowest BCUT2D eigenvalue weighted by Crippen LogP contribution is -2.05. The van der Waals surface area contributed by atoms with Crippen LogP contribution >= 0.6 is 0 Å². The second kappa shape index (κ2) is 6.31. The van der Waals surface area contributed by atoms with E-state index in [2.05, 4.69) is 10.5 Å². The average molecular weight is 332 g/mol. The Hall–Kier alpha value is -2.51. The van der Waals surface area contributed by atoms with Crippen molar-refractivity contribution in [3.05, 3.63) is 65.2 Å². The van der Waals surface area contributed by atoms with Gasteiger partial charge < -0.3 is 0 Å². The molecular formula is C15H10F6N2. The molecule has 0 bridgehead atoms. The van der Waals surface area contributed by atoms with Gasteiger partial charge in [0.25, 0.3) is 0 Å². The van der Waals surface area contributed by atoms with E-state index in [1.807, 2.05) is 0 Å². The first kappa shape index (κ1) is 16.9. The van der Waals surface area contributed by atoms with Crippen LogP contribution in [0, 0.1) is 0 Å². The third-order valence-electron chi connectivity index (χ3n) is 2.84. The van der Waals surface area contributed by atoms with Crippen LogP contribution < -0.4 is 5.43 Å². The Morgan fingerprint density at radius 1 is 0.783 bits per heavy atom. The van der Waals surface area contributed by atoms with Crippen molar-refractivity contribution < 1.29 is 26.3 Å². The van der Waals surface area contributed by atoms with E-state index in [-0.39, 0.29) is 5.69 Å². The lowest BCUT2D eigenvalue weighted by Gasteiger charge is -2.08. The zero-order valence-electron chi connectivity index (χ0n) is 11.4. The van der Waals surface area contributed by atoms with Crippen LogP contribution in [-0.2, 0) is 12.4 Å². The van der Waals surface area contributed by atoms with Gasteiger partial charge in [0.05, 0.1) is 23.0 Å². The fourth-order valence-electron chi connectivity index (χ4n) is 1.70. The van der Waals surface area contributed by atoms with Crippen LogP contribution in [0.5, 0.6) is 0 Å². The van der Waals surface area contributed by atoms with E-state index in [0.717, 1.165) is 24.3 Å². The minimum atomic E-state index is -4.46. The highest BCUT2D eigenvalue weighted by atomic mass is 19.4. The Bertz CT molecular complexity index is 686. The molecule has 122 valence electrons. The van der Waals surface area contributed by atoms with Crippen molar-refractivity contribution in [2.24, 2.45) is 5.10 Å². The first-order valence-electron chi connectivity index (χ1n) is 6.30. The number of halogens is 6. The van der Waals surface area contributed by atoms with Gasteiger partial charge in [-0.1, -0.05) is 18.2 Å². The van der Waals surface area contributed by atoms with Gasteiger partial charge in [0.1, 0.15) is 0 Å². The van der Waals surface area contributed by atoms with E-state index in [1.54, 1.807) is 0 Å². The third kappa shape index (κ3) is 4.73. The van der Waals surface area contributed by atoms with E-state index >= 15 is 0 Å². The van der Waals surface area contributed by atoms with E-state index in [4.69, 9.17) is 0 Å². The van der Waals surface area contributed by atoms with Gasteiger partial charge in [0.15, 0.2) is 0 Å². The van der Waals surface area contributed by atoms with E-state index in [0.29, 0.717) is 5.56 Å². The predicted octanol–water partition coefficient (Wildman–Crippen LogP) is 5.17. The van der Waals surface area contributed by atoms with Crippen LogP contribution in [0.1, 0.15) is 16.7 Å². The maximum absolute atomic E-state index is 12.5. The number of hydrogen-bond acceptors (Lipinski definition) is 2. The molecule has 23 heavy (non-hydrogen) atoms. The second-order valence-electron chi connectivity index (χ2n) is 4.57. The van der Waals surface area contributed by atoms with Crippen molar-refractivity contribution >= 4 is 11.9 Å². The van der Waals surface area contributed by atoms with Crippen LogP contribution in [-0.4, -0.2) is 6.21 Å². The molecule has 2 aromatic carbocycles. The Balaban J connectivity index is 2.05. The molecule has 0 amide bonds. The molecule has 0 spiro atoms. The van der Waals surface area contributed by atoms with Gasteiger partial charge in [-0.3, -0.25) is 5.43 Å². The zero-order valence-corrected chi connectivity index (χ0v) is 11.4.